The minimum Gasteiger partial charge on any atom is -0.390 e. The van der Waals surface area contributed by atoms with Crippen LogP contribution < -0.4 is 4.90 Å². The molecule has 0 unspecified atom stereocenters. The van der Waals surface area contributed by atoms with Crippen LogP contribution in [0, 0.1) is 0 Å². The van der Waals surface area contributed by atoms with Gasteiger partial charge in [0.2, 0.25) is 0 Å². The first-order valence-electron chi connectivity index (χ1n) is 5.03. The molecule has 1 aromatic rings. The van der Waals surface area contributed by atoms with E-state index in [4.69, 9.17) is 9.84 Å². The van der Waals surface area contributed by atoms with Crippen LogP contribution in [0.3, 0.4) is 0 Å². The average molecular weight is 229 g/mol. The van der Waals surface area contributed by atoms with Gasteiger partial charge in [-0.15, -0.1) is 5.10 Å². The maximum Gasteiger partial charge on any atom is 0.138 e. The third kappa shape index (κ3) is 2.27. The van der Waals surface area contributed by atoms with Crippen molar-refractivity contribution in [3.05, 3.63) is 5.69 Å². The van der Waals surface area contributed by atoms with E-state index in [0.717, 1.165) is 18.1 Å². The molecule has 1 aromatic heterocycles. The summed E-state index contributed by atoms with van der Waals surface area (Å²) in [5.74, 6) is 0. The number of aliphatic hydroxyl groups is 1. The molecule has 0 saturated carbocycles. The molecule has 6 heteroatoms. The molecule has 1 N–H and O–H groups in total. The zero-order valence-electron chi connectivity index (χ0n) is 8.88. The molecule has 2 heterocycles. The molecule has 0 amide bonds. The number of morpholine rings is 1. The number of nitrogens with zero attached hydrogens (tertiary/aromatic N) is 3. The largest absolute Gasteiger partial charge is 0.390 e. The van der Waals surface area contributed by atoms with Crippen molar-refractivity contribution in [1.29, 1.82) is 0 Å². The van der Waals surface area contributed by atoms with Crippen LogP contribution >= 0.6 is 11.5 Å². The molecule has 5 nitrogen and oxygen atoms in total. The second kappa shape index (κ2) is 4.42. The lowest BCUT2D eigenvalue weighted by Gasteiger charge is -2.35. The number of anilines is 1. The number of hydrogen-bond donors (Lipinski definition) is 1. The van der Waals surface area contributed by atoms with Crippen molar-refractivity contribution in [2.24, 2.45) is 0 Å². The molecule has 1 fully saturated rings. The van der Waals surface area contributed by atoms with Gasteiger partial charge in [0.25, 0.3) is 0 Å². The molecule has 1 aliphatic rings. The number of aromatic nitrogens is 2. The SMILES string of the molecule is C[C@@H]1CN(c2snnc2CO)C[C@H](C)O1. The first kappa shape index (κ1) is 10.8. The van der Waals surface area contributed by atoms with Crippen molar-refractivity contribution < 1.29 is 9.84 Å². The molecule has 0 bridgehead atoms. The van der Waals surface area contributed by atoms with Gasteiger partial charge in [-0.25, -0.2) is 0 Å². The average Bonchev–Trinajstić information content (AvgIpc) is 2.63. The summed E-state index contributed by atoms with van der Waals surface area (Å²) in [5.41, 5.74) is 0.668. The Balaban J connectivity index is 2.16. The van der Waals surface area contributed by atoms with Crippen molar-refractivity contribution in [3.63, 3.8) is 0 Å². The normalized spacial score (nSPS) is 27.0. The van der Waals surface area contributed by atoms with Gasteiger partial charge >= 0.3 is 0 Å². The predicted octanol–water partition coefficient (Wildman–Crippen LogP) is 0.644. The minimum absolute atomic E-state index is 0.0497. The quantitative estimate of drug-likeness (QED) is 0.806. The third-order valence-electron chi connectivity index (χ3n) is 2.39. The second-order valence-electron chi connectivity index (χ2n) is 3.85. The van der Waals surface area contributed by atoms with Gasteiger partial charge in [-0.05, 0) is 13.8 Å². The smallest absolute Gasteiger partial charge is 0.138 e. The van der Waals surface area contributed by atoms with Crippen molar-refractivity contribution >= 4 is 16.5 Å². The van der Waals surface area contributed by atoms with Gasteiger partial charge in [-0.1, -0.05) is 4.49 Å². The standard InChI is InChI=1S/C9H15N3O2S/c1-6-3-12(4-7(2)14-6)9-8(5-13)10-11-15-9/h6-7,13H,3-5H2,1-2H3/t6-,7+. The molecule has 1 saturated heterocycles. The molecule has 0 spiro atoms. The molecular formula is C9H15N3O2S. The summed E-state index contributed by atoms with van der Waals surface area (Å²) in [6.07, 6.45) is 0.421. The highest BCUT2D eigenvalue weighted by Crippen LogP contribution is 2.26. The molecule has 15 heavy (non-hydrogen) atoms. The van der Waals surface area contributed by atoms with Gasteiger partial charge in [-0.2, -0.15) is 0 Å². The lowest BCUT2D eigenvalue weighted by atomic mass is 10.2. The van der Waals surface area contributed by atoms with Crippen LogP contribution in [0.4, 0.5) is 5.00 Å². The zero-order chi connectivity index (χ0) is 10.8. The number of rotatable bonds is 2. The maximum absolute atomic E-state index is 9.12. The van der Waals surface area contributed by atoms with Gasteiger partial charge in [0, 0.05) is 24.6 Å². The molecule has 1 aliphatic heterocycles. The van der Waals surface area contributed by atoms with Crippen LogP contribution in [0.1, 0.15) is 19.5 Å². The van der Waals surface area contributed by atoms with E-state index in [9.17, 15) is 0 Å². The number of aliphatic hydroxyl groups excluding tert-OH is 1. The summed E-state index contributed by atoms with van der Waals surface area (Å²) in [7, 11) is 0. The third-order valence-corrected chi connectivity index (χ3v) is 3.22. The molecular weight excluding hydrogens is 214 g/mol. The molecule has 2 rings (SSSR count). The van der Waals surface area contributed by atoms with E-state index in [0.29, 0.717) is 5.69 Å². The first-order valence-corrected chi connectivity index (χ1v) is 5.80. The van der Waals surface area contributed by atoms with E-state index in [-0.39, 0.29) is 18.8 Å². The van der Waals surface area contributed by atoms with E-state index in [1.165, 1.54) is 11.5 Å². The summed E-state index contributed by atoms with van der Waals surface area (Å²) in [6, 6.07) is 0. The second-order valence-corrected chi connectivity index (χ2v) is 4.58. The fraction of sp³-hybridized carbons (Fsp3) is 0.778. The van der Waals surface area contributed by atoms with E-state index < -0.39 is 0 Å². The lowest BCUT2D eigenvalue weighted by Crippen LogP contribution is -2.45. The molecule has 84 valence electrons. The van der Waals surface area contributed by atoms with Crippen molar-refractivity contribution in [3.8, 4) is 0 Å². The fourth-order valence-electron chi connectivity index (χ4n) is 1.89. The Bertz CT molecular complexity index is 321. The highest BCUT2D eigenvalue weighted by atomic mass is 32.1. The minimum atomic E-state index is -0.0497. The Hall–Kier alpha value is -0.720. The van der Waals surface area contributed by atoms with Crippen LogP contribution in [0.15, 0.2) is 0 Å². The van der Waals surface area contributed by atoms with Gasteiger partial charge in [0.05, 0.1) is 18.8 Å². The van der Waals surface area contributed by atoms with Crippen LogP contribution in [0.2, 0.25) is 0 Å². The summed E-state index contributed by atoms with van der Waals surface area (Å²) >= 11 is 1.33. The van der Waals surface area contributed by atoms with Crippen LogP contribution in [0.5, 0.6) is 0 Å². The summed E-state index contributed by atoms with van der Waals surface area (Å²) in [4.78, 5) is 2.19. The molecule has 2 atom stereocenters. The van der Waals surface area contributed by atoms with Gasteiger partial charge < -0.3 is 14.7 Å². The topological polar surface area (TPSA) is 58.5 Å². The van der Waals surface area contributed by atoms with Crippen molar-refractivity contribution in [1.82, 2.24) is 9.59 Å². The van der Waals surface area contributed by atoms with E-state index in [2.05, 4.69) is 28.3 Å². The fourth-order valence-corrected chi connectivity index (χ4v) is 2.58. The summed E-state index contributed by atoms with van der Waals surface area (Å²) in [5, 5.41) is 14.0. The predicted molar refractivity (Wildman–Crippen MR) is 58.1 cm³/mol. The molecule has 0 radical (unpaired) electrons. The Labute approximate surface area is 92.8 Å². The number of hydrogen-bond acceptors (Lipinski definition) is 6. The molecule has 0 aliphatic carbocycles. The number of ether oxygens (including phenoxy) is 1. The van der Waals surface area contributed by atoms with Gasteiger partial charge in [-0.3, -0.25) is 0 Å². The summed E-state index contributed by atoms with van der Waals surface area (Å²) in [6.45, 7) is 5.72. The Morgan fingerprint density at radius 1 is 1.47 bits per heavy atom. The Morgan fingerprint density at radius 3 is 2.73 bits per heavy atom. The zero-order valence-corrected chi connectivity index (χ0v) is 9.70. The van der Waals surface area contributed by atoms with Crippen molar-refractivity contribution in [2.75, 3.05) is 18.0 Å². The summed E-state index contributed by atoms with van der Waals surface area (Å²) < 4.78 is 9.51. The van der Waals surface area contributed by atoms with E-state index >= 15 is 0 Å². The van der Waals surface area contributed by atoms with E-state index in [1.54, 1.807) is 0 Å². The van der Waals surface area contributed by atoms with Crippen LogP contribution in [-0.4, -0.2) is 40.0 Å². The van der Waals surface area contributed by atoms with Crippen molar-refractivity contribution in [2.45, 2.75) is 32.7 Å². The van der Waals surface area contributed by atoms with Crippen LogP contribution in [-0.2, 0) is 11.3 Å². The highest BCUT2D eigenvalue weighted by Gasteiger charge is 2.25. The van der Waals surface area contributed by atoms with Gasteiger partial charge in [0.15, 0.2) is 0 Å². The van der Waals surface area contributed by atoms with Crippen LogP contribution in [0.25, 0.3) is 0 Å². The molecule has 0 aromatic carbocycles. The first-order chi connectivity index (χ1) is 7.20. The highest BCUT2D eigenvalue weighted by molar-refractivity contribution is 7.10. The monoisotopic (exact) mass is 229 g/mol. The van der Waals surface area contributed by atoms with E-state index in [1.807, 2.05) is 0 Å². The Kier molecular flexibility index (Phi) is 3.18. The lowest BCUT2D eigenvalue weighted by molar-refractivity contribution is -0.00511. The Morgan fingerprint density at radius 2 is 2.13 bits per heavy atom. The van der Waals surface area contributed by atoms with Gasteiger partial charge in [0.1, 0.15) is 10.7 Å². The maximum atomic E-state index is 9.12.